The third-order valence-corrected chi connectivity index (χ3v) is 6.44. The van der Waals surface area contributed by atoms with Gasteiger partial charge in [0.2, 0.25) is 0 Å². The van der Waals surface area contributed by atoms with E-state index in [9.17, 15) is 5.11 Å². The van der Waals surface area contributed by atoms with Gasteiger partial charge in [0, 0.05) is 50.9 Å². The summed E-state index contributed by atoms with van der Waals surface area (Å²) in [6, 6.07) is 8.82. The van der Waals surface area contributed by atoms with Crippen LogP contribution < -0.4 is 4.74 Å². The Morgan fingerprint density at radius 1 is 1.13 bits per heavy atom. The van der Waals surface area contributed by atoms with Crippen LogP contribution in [0.4, 0.5) is 0 Å². The number of aliphatic hydroxyl groups is 1. The zero-order valence-electron chi connectivity index (χ0n) is 19.0. The molecule has 1 aliphatic heterocycles. The quantitative estimate of drug-likeness (QED) is 0.595. The van der Waals surface area contributed by atoms with E-state index in [1.165, 1.54) is 37.7 Å². The van der Waals surface area contributed by atoms with Crippen LogP contribution in [-0.4, -0.2) is 98.6 Å². The molecular weight excluding hydrogens is 378 g/mol. The summed E-state index contributed by atoms with van der Waals surface area (Å²) in [6.45, 7) is 7.69. The number of aliphatic hydroxyl groups excluding tert-OH is 1. The second kappa shape index (κ2) is 12.6. The summed E-state index contributed by atoms with van der Waals surface area (Å²) < 4.78 is 11.5. The molecular formula is C24H41N3O3. The lowest BCUT2D eigenvalue weighted by atomic mass is 9.94. The van der Waals surface area contributed by atoms with Crippen molar-refractivity contribution in [1.82, 2.24) is 14.7 Å². The molecule has 6 heteroatoms. The van der Waals surface area contributed by atoms with Crippen molar-refractivity contribution in [2.24, 2.45) is 0 Å². The molecule has 2 fully saturated rings. The smallest absolute Gasteiger partial charge is 0.123 e. The number of nitrogens with zero attached hydrogens (tertiary/aromatic N) is 3. The maximum atomic E-state index is 10.5. The zero-order valence-corrected chi connectivity index (χ0v) is 19.0. The van der Waals surface area contributed by atoms with Gasteiger partial charge >= 0.3 is 0 Å². The number of benzene rings is 1. The predicted octanol–water partition coefficient (Wildman–Crippen LogP) is 2.45. The standard InChI is InChI=1S/C24H41N3O3/c1-25(12-13-27-14-16-29-17-15-27)18-21-8-6-7-11-24(21)30-20-23(28)19-26(2)22-9-4-3-5-10-22/h6-8,11,22-23,28H,3-5,9-10,12-20H2,1-2H3/t23-/m1/s1. The Morgan fingerprint density at radius 2 is 1.87 bits per heavy atom. The average molecular weight is 420 g/mol. The minimum atomic E-state index is -0.468. The average Bonchev–Trinajstić information content (AvgIpc) is 2.78. The summed E-state index contributed by atoms with van der Waals surface area (Å²) in [5.41, 5.74) is 1.18. The Kier molecular flexibility index (Phi) is 9.88. The highest BCUT2D eigenvalue weighted by Crippen LogP contribution is 2.22. The lowest BCUT2D eigenvalue weighted by Gasteiger charge is -2.32. The van der Waals surface area contributed by atoms with Gasteiger partial charge in [-0.25, -0.2) is 0 Å². The fraction of sp³-hybridized carbons (Fsp3) is 0.750. The molecule has 170 valence electrons. The number of hydrogen-bond acceptors (Lipinski definition) is 6. The van der Waals surface area contributed by atoms with Crippen LogP contribution in [0.1, 0.15) is 37.7 Å². The van der Waals surface area contributed by atoms with Gasteiger partial charge in [0.1, 0.15) is 18.5 Å². The van der Waals surface area contributed by atoms with E-state index >= 15 is 0 Å². The van der Waals surface area contributed by atoms with E-state index in [2.05, 4.69) is 40.9 Å². The SMILES string of the molecule is CN(CCN1CCOCC1)Cc1ccccc1OC[C@H](O)CN(C)C1CCCCC1. The van der Waals surface area contributed by atoms with Crippen molar-refractivity contribution in [2.75, 3.05) is 66.6 Å². The van der Waals surface area contributed by atoms with Crippen LogP contribution in [0.5, 0.6) is 5.75 Å². The molecule has 2 aliphatic rings. The lowest BCUT2D eigenvalue weighted by Crippen LogP contribution is -2.40. The molecule has 1 aromatic carbocycles. The van der Waals surface area contributed by atoms with Crippen LogP contribution >= 0.6 is 0 Å². The molecule has 0 spiro atoms. The van der Waals surface area contributed by atoms with Crippen molar-refractivity contribution in [3.05, 3.63) is 29.8 Å². The molecule has 0 unspecified atom stereocenters. The summed E-state index contributed by atoms with van der Waals surface area (Å²) >= 11 is 0. The van der Waals surface area contributed by atoms with E-state index in [1.807, 2.05) is 12.1 Å². The fourth-order valence-electron chi connectivity index (χ4n) is 4.52. The predicted molar refractivity (Wildman–Crippen MR) is 121 cm³/mol. The lowest BCUT2D eigenvalue weighted by molar-refractivity contribution is 0.0341. The third kappa shape index (κ3) is 7.82. The molecule has 3 rings (SSSR count). The summed E-state index contributed by atoms with van der Waals surface area (Å²) in [4.78, 5) is 7.12. The van der Waals surface area contributed by atoms with Crippen LogP contribution in [0, 0.1) is 0 Å². The molecule has 0 radical (unpaired) electrons. The van der Waals surface area contributed by atoms with Crippen molar-refractivity contribution in [3.8, 4) is 5.75 Å². The third-order valence-electron chi connectivity index (χ3n) is 6.44. The van der Waals surface area contributed by atoms with E-state index in [4.69, 9.17) is 9.47 Å². The molecule has 30 heavy (non-hydrogen) atoms. The van der Waals surface area contributed by atoms with Crippen LogP contribution in [0.15, 0.2) is 24.3 Å². The Morgan fingerprint density at radius 3 is 2.63 bits per heavy atom. The van der Waals surface area contributed by atoms with Gasteiger partial charge in [0.15, 0.2) is 0 Å². The largest absolute Gasteiger partial charge is 0.491 e. The van der Waals surface area contributed by atoms with E-state index in [0.717, 1.165) is 51.7 Å². The zero-order chi connectivity index (χ0) is 21.2. The van der Waals surface area contributed by atoms with E-state index in [1.54, 1.807) is 0 Å². The Bertz CT molecular complexity index is 603. The van der Waals surface area contributed by atoms with Crippen LogP contribution in [0.3, 0.4) is 0 Å². The van der Waals surface area contributed by atoms with E-state index in [0.29, 0.717) is 19.2 Å². The molecule has 0 amide bonds. The van der Waals surface area contributed by atoms with Gasteiger partial charge in [0.05, 0.1) is 13.2 Å². The van der Waals surface area contributed by atoms with E-state index in [-0.39, 0.29) is 0 Å². The summed E-state index contributed by atoms with van der Waals surface area (Å²) in [6.07, 6.45) is 6.02. The summed E-state index contributed by atoms with van der Waals surface area (Å²) in [7, 11) is 4.29. The number of ether oxygens (including phenoxy) is 2. The molecule has 1 aliphatic carbocycles. The number of likely N-dealkylation sites (N-methyl/N-ethyl adjacent to an activating group) is 2. The highest BCUT2D eigenvalue weighted by Gasteiger charge is 2.20. The highest BCUT2D eigenvalue weighted by atomic mass is 16.5. The molecule has 1 N–H and O–H groups in total. The maximum Gasteiger partial charge on any atom is 0.123 e. The normalized spacial score (nSPS) is 20.0. The van der Waals surface area contributed by atoms with Gasteiger partial charge < -0.3 is 24.4 Å². The first-order chi connectivity index (χ1) is 14.6. The van der Waals surface area contributed by atoms with E-state index < -0.39 is 6.10 Å². The Hall–Kier alpha value is -1.18. The van der Waals surface area contributed by atoms with Gasteiger partial charge in [-0.05, 0) is 33.0 Å². The monoisotopic (exact) mass is 419 g/mol. The molecule has 0 aromatic heterocycles. The second-order valence-corrected chi connectivity index (χ2v) is 9.00. The van der Waals surface area contributed by atoms with Gasteiger partial charge in [-0.2, -0.15) is 0 Å². The number of rotatable bonds is 11. The molecule has 1 heterocycles. The Balaban J connectivity index is 1.42. The first-order valence-electron chi connectivity index (χ1n) is 11.7. The van der Waals surface area contributed by atoms with Crippen molar-refractivity contribution < 1.29 is 14.6 Å². The number of para-hydroxylation sites is 1. The van der Waals surface area contributed by atoms with Gasteiger partial charge in [0.25, 0.3) is 0 Å². The van der Waals surface area contributed by atoms with Gasteiger partial charge in [-0.3, -0.25) is 4.90 Å². The van der Waals surface area contributed by atoms with Crippen molar-refractivity contribution in [3.63, 3.8) is 0 Å². The molecule has 1 atom stereocenters. The first kappa shape index (κ1) is 23.5. The molecule has 1 saturated heterocycles. The van der Waals surface area contributed by atoms with Crippen molar-refractivity contribution >= 4 is 0 Å². The highest BCUT2D eigenvalue weighted by molar-refractivity contribution is 5.33. The molecule has 0 bridgehead atoms. The minimum Gasteiger partial charge on any atom is -0.491 e. The van der Waals surface area contributed by atoms with Crippen LogP contribution in [0.25, 0.3) is 0 Å². The minimum absolute atomic E-state index is 0.339. The van der Waals surface area contributed by atoms with Crippen LogP contribution in [0.2, 0.25) is 0 Å². The summed E-state index contributed by atoms with van der Waals surface area (Å²) in [5, 5.41) is 10.5. The van der Waals surface area contributed by atoms with Crippen molar-refractivity contribution in [1.29, 1.82) is 0 Å². The fourth-order valence-corrected chi connectivity index (χ4v) is 4.52. The number of morpholine rings is 1. The van der Waals surface area contributed by atoms with Gasteiger partial charge in [-0.15, -0.1) is 0 Å². The summed E-state index contributed by atoms with van der Waals surface area (Å²) in [5.74, 6) is 0.884. The topological polar surface area (TPSA) is 48.4 Å². The van der Waals surface area contributed by atoms with Gasteiger partial charge in [-0.1, -0.05) is 37.5 Å². The molecule has 1 saturated carbocycles. The molecule has 6 nitrogen and oxygen atoms in total. The second-order valence-electron chi connectivity index (χ2n) is 9.00. The van der Waals surface area contributed by atoms with Crippen molar-refractivity contribution in [2.45, 2.75) is 50.8 Å². The first-order valence-corrected chi connectivity index (χ1v) is 11.7. The number of hydrogen-bond donors (Lipinski definition) is 1. The molecule has 1 aromatic rings. The maximum absolute atomic E-state index is 10.5. The Labute approximate surface area is 182 Å². The van der Waals surface area contributed by atoms with Crippen LogP contribution in [-0.2, 0) is 11.3 Å².